The lowest BCUT2D eigenvalue weighted by atomic mass is 9.75. The third kappa shape index (κ3) is 3.08. The van der Waals surface area contributed by atoms with Crippen molar-refractivity contribution in [2.45, 2.75) is 39.5 Å². The molecule has 1 rings (SSSR count). The van der Waals surface area contributed by atoms with Gasteiger partial charge >= 0.3 is 0 Å². The van der Waals surface area contributed by atoms with Gasteiger partial charge in [0.05, 0.1) is 5.33 Å². The van der Waals surface area contributed by atoms with Crippen molar-refractivity contribution < 1.29 is 4.79 Å². The van der Waals surface area contributed by atoms with Crippen molar-refractivity contribution >= 4 is 21.7 Å². The van der Waals surface area contributed by atoms with Crippen LogP contribution in [0.4, 0.5) is 0 Å². The van der Waals surface area contributed by atoms with Gasteiger partial charge in [-0.3, -0.25) is 4.79 Å². The number of halogens is 1. The van der Waals surface area contributed by atoms with Crippen LogP contribution in [0.1, 0.15) is 39.5 Å². The van der Waals surface area contributed by atoms with Crippen molar-refractivity contribution in [1.29, 1.82) is 0 Å². The molecule has 1 nitrogen and oxygen atoms in total. The molecular formula is C11H19BrO. The van der Waals surface area contributed by atoms with E-state index in [0.29, 0.717) is 17.0 Å². The zero-order valence-electron chi connectivity index (χ0n) is 8.55. The highest BCUT2D eigenvalue weighted by Crippen LogP contribution is 2.33. The van der Waals surface area contributed by atoms with Gasteiger partial charge in [-0.25, -0.2) is 0 Å². The van der Waals surface area contributed by atoms with E-state index in [1.165, 1.54) is 25.7 Å². The summed E-state index contributed by atoms with van der Waals surface area (Å²) >= 11 is 3.25. The maximum Gasteiger partial charge on any atom is 0.146 e. The van der Waals surface area contributed by atoms with E-state index >= 15 is 0 Å². The summed E-state index contributed by atoms with van der Waals surface area (Å²) in [6.45, 7) is 4.39. The summed E-state index contributed by atoms with van der Waals surface area (Å²) < 4.78 is 0. The maximum absolute atomic E-state index is 11.5. The first-order valence-electron chi connectivity index (χ1n) is 5.23. The molecule has 2 heteroatoms. The lowest BCUT2D eigenvalue weighted by Gasteiger charge is -2.30. The number of Topliss-reactive ketones (excluding diaryl/α,β-unsaturated/α-hetero) is 1. The molecule has 0 radical (unpaired) electrons. The number of carbonyl (C=O) groups is 1. The molecule has 1 fully saturated rings. The van der Waals surface area contributed by atoms with Crippen LogP contribution in [0.25, 0.3) is 0 Å². The van der Waals surface area contributed by atoms with Gasteiger partial charge in [-0.2, -0.15) is 0 Å². The monoisotopic (exact) mass is 246 g/mol. The van der Waals surface area contributed by atoms with Crippen molar-refractivity contribution in [1.82, 2.24) is 0 Å². The average molecular weight is 247 g/mol. The maximum atomic E-state index is 11.5. The molecule has 0 aromatic rings. The largest absolute Gasteiger partial charge is 0.298 e. The molecule has 0 unspecified atom stereocenters. The molecule has 0 aromatic carbocycles. The zero-order valence-corrected chi connectivity index (χ0v) is 10.1. The van der Waals surface area contributed by atoms with Gasteiger partial charge in [0.1, 0.15) is 5.78 Å². The van der Waals surface area contributed by atoms with Gasteiger partial charge in [0.2, 0.25) is 0 Å². The van der Waals surface area contributed by atoms with Crippen LogP contribution in [0.3, 0.4) is 0 Å². The van der Waals surface area contributed by atoms with Crippen molar-refractivity contribution in [3.8, 4) is 0 Å². The average Bonchev–Trinajstić information content (AvgIpc) is 2.15. The van der Waals surface area contributed by atoms with Gasteiger partial charge in [-0.15, -0.1) is 0 Å². The van der Waals surface area contributed by atoms with Crippen molar-refractivity contribution in [3.05, 3.63) is 0 Å². The van der Waals surface area contributed by atoms with Crippen LogP contribution in [-0.2, 0) is 4.79 Å². The number of carbonyl (C=O) groups excluding carboxylic acids is 1. The zero-order chi connectivity index (χ0) is 9.84. The van der Waals surface area contributed by atoms with Crippen molar-refractivity contribution in [2.24, 2.45) is 17.8 Å². The predicted molar refractivity (Wildman–Crippen MR) is 59.1 cm³/mol. The van der Waals surface area contributed by atoms with E-state index in [4.69, 9.17) is 0 Å². The lowest BCUT2D eigenvalue weighted by Crippen LogP contribution is -2.26. The number of alkyl halides is 1. The second-order valence-corrected chi connectivity index (χ2v) is 4.98. The van der Waals surface area contributed by atoms with Crippen LogP contribution in [-0.4, -0.2) is 11.1 Å². The van der Waals surface area contributed by atoms with Crippen molar-refractivity contribution in [3.63, 3.8) is 0 Å². The molecule has 1 saturated carbocycles. The van der Waals surface area contributed by atoms with Crippen LogP contribution in [0.2, 0.25) is 0 Å². The Bertz CT molecular complexity index is 179. The summed E-state index contributed by atoms with van der Waals surface area (Å²) in [5.41, 5.74) is 0. The van der Waals surface area contributed by atoms with Crippen LogP contribution in [0.15, 0.2) is 0 Å². The minimum atomic E-state index is 0.266. The second-order valence-electron chi connectivity index (χ2n) is 4.42. The normalized spacial score (nSPS) is 31.3. The molecule has 13 heavy (non-hydrogen) atoms. The molecule has 0 bridgehead atoms. The Balaban J connectivity index is 2.45. The topological polar surface area (TPSA) is 17.1 Å². The van der Waals surface area contributed by atoms with E-state index in [-0.39, 0.29) is 5.92 Å². The quantitative estimate of drug-likeness (QED) is 0.698. The fraction of sp³-hybridized carbons (Fsp3) is 0.909. The standard InChI is InChI=1S/C11H19BrO/c1-8-4-3-5-10(6-8)9(2)11(13)7-12/h8-10H,3-7H2,1-2H3/t8-,9+,10+/m1/s1. The van der Waals surface area contributed by atoms with E-state index in [2.05, 4.69) is 29.8 Å². The van der Waals surface area contributed by atoms with Crippen LogP contribution in [0, 0.1) is 17.8 Å². The summed E-state index contributed by atoms with van der Waals surface area (Å²) in [6, 6.07) is 0. The van der Waals surface area contributed by atoms with Gasteiger partial charge in [0, 0.05) is 5.92 Å². The Morgan fingerprint density at radius 1 is 1.54 bits per heavy atom. The van der Waals surface area contributed by atoms with E-state index in [9.17, 15) is 4.79 Å². The molecule has 3 atom stereocenters. The van der Waals surface area contributed by atoms with Gasteiger partial charge in [0.15, 0.2) is 0 Å². The van der Waals surface area contributed by atoms with E-state index < -0.39 is 0 Å². The van der Waals surface area contributed by atoms with E-state index in [1.807, 2.05) is 0 Å². The Morgan fingerprint density at radius 3 is 2.77 bits per heavy atom. The van der Waals surface area contributed by atoms with Crippen molar-refractivity contribution in [2.75, 3.05) is 5.33 Å². The first kappa shape index (κ1) is 11.2. The van der Waals surface area contributed by atoms with E-state index in [1.54, 1.807) is 0 Å². The van der Waals surface area contributed by atoms with Crippen LogP contribution < -0.4 is 0 Å². The van der Waals surface area contributed by atoms with E-state index in [0.717, 1.165) is 5.92 Å². The minimum Gasteiger partial charge on any atom is -0.298 e. The Labute approximate surface area is 89.4 Å². The Hall–Kier alpha value is 0.150. The molecular weight excluding hydrogens is 228 g/mol. The minimum absolute atomic E-state index is 0.266. The Kier molecular flexibility index (Phi) is 4.43. The molecule has 0 aromatic heterocycles. The predicted octanol–water partition coefficient (Wildman–Crippen LogP) is 3.41. The number of ketones is 1. The molecule has 76 valence electrons. The molecule has 1 aliphatic rings. The number of hydrogen-bond acceptors (Lipinski definition) is 1. The summed E-state index contributed by atoms with van der Waals surface area (Å²) in [4.78, 5) is 11.5. The van der Waals surface area contributed by atoms with Crippen LogP contribution >= 0.6 is 15.9 Å². The van der Waals surface area contributed by atoms with Gasteiger partial charge in [0.25, 0.3) is 0 Å². The molecule has 0 aliphatic heterocycles. The molecule has 0 heterocycles. The highest BCUT2D eigenvalue weighted by molar-refractivity contribution is 9.09. The molecule has 0 N–H and O–H groups in total. The van der Waals surface area contributed by atoms with Gasteiger partial charge in [-0.05, 0) is 24.7 Å². The summed E-state index contributed by atoms with van der Waals surface area (Å²) in [6.07, 6.45) is 5.17. The Morgan fingerprint density at radius 2 is 2.23 bits per heavy atom. The SMILES string of the molecule is C[C@@H]1CCC[C@H]([C@H](C)C(=O)CBr)C1. The summed E-state index contributed by atoms with van der Waals surface area (Å²) in [7, 11) is 0. The first-order chi connectivity index (χ1) is 6.15. The highest BCUT2D eigenvalue weighted by Gasteiger charge is 2.27. The molecule has 0 saturated heterocycles. The molecule has 0 spiro atoms. The highest BCUT2D eigenvalue weighted by atomic mass is 79.9. The fourth-order valence-corrected chi connectivity index (χ4v) is 2.83. The second kappa shape index (κ2) is 5.14. The lowest BCUT2D eigenvalue weighted by molar-refractivity contribution is -0.121. The van der Waals surface area contributed by atoms with Crippen LogP contribution in [0.5, 0.6) is 0 Å². The molecule has 0 amide bonds. The van der Waals surface area contributed by atoms with Gasteiger partial charge < -0.3 is 0 Å². The number of hydrogen-bond donors (Lipinski definition) is 0. The third-order valence-corrected chi connectivity index (χ3v) is 3.88. The van der Waals surface area contributed by atoms with Gasteiger partial charge in [-0.1, -0.05) is 42.6 Å². The summed E-state index contributed by atoms with van der Waals surface area (Å²) in [5.74, 6) is 2.11. The smallest absolute Gasteiger partial charge is 0.146 e. The summed E-state index contributed by atoms with van der Waals surface area (Å²) in [5, 5.41) is 0.527. The third-order valence-electron chi connectivity index (χ3n) is 3.32. The first-order valence-corrected chi connectivity index (χ1v) is 6.36. The fourth-order valence-electron chi connectivity index (χ4n) is 2.32. The molecule has 1 aliphatic carbocycles. The number of rotatable bonds is 3.